The van der Waals surface area contributed by atoms with Crippen LogP contribution in [0.2, 0.25) is 0 Å². The van der Waals surface area contributed by atoms with Gasteiger partial charge in [-0.15, -0.1) is 0 Å². The third-order valence-electron chi connectivity index (χ3n) is 3.39. The highest BCUT2D eigenvalue weighted by Gasteiger charge is 2.17. The molecule has 0 unspecified atom stereocenters. The number of carbonyl (C=O) groups excluding carboxylic acids is 1. The van der Waals surface area contributed by atoms with Gasteiger partial charge in [0, 0.05) is 5.56 Å². The summed E-state index contributed by atoms with van der Waals surface area (Å²) >= 11 is 0. The largest absolute Gasteiger partial charge is 0.495 e. The number of hydrogen-bond donors (Lipinski definition) is 2. The van der Waals surface area contributed by atoms with E-state index >= 15 is 0 Å². The Balaban J connectivity index is 2.40. The molecule has 0 aliphatic heterocycles. The van der Waals surface area contributed by atoms with Crippen LogP contribution in [0.4, 0.5) is 5.69 Å². The molecule has 2 rings (SSSR count). The van der Waals surface area contributed by atoms with E-state index in [2.05, 4.69) is 10.0 Å². The molecule has 0 heterocycles. The Morgan fingerprint density at radius 3 is 2.43 bits per heavy atom. The maximum Gasteiger partial charge on any atom is 0.256 e. The molecule has 23 heavy (non-hydrogen) atoms. The van der Waals surface area contributed by atoms with Crippen LogP contribution in [-0.4, -0.2) is 28.5 Å². The molecular formula is C16H18N2O4S. The van der Waals surface area contributed by atoms with Gasteiger partial charge in [-0.3, -0.25) is 4.79 Å². The third-order valence-corrected chi connectivity index (χ3v) is 4.80. The first kappa shape index (κ1) is 17.0. The molecule has 2 aromatic carbocycles. The van der Waals surface area contributed by atoms with Crippen LogP contribution in [0.5, 0.6) is 5.75 Å². The second kappa shape index (κ2) is 6.80. The minimum Gasteiger partial charge on any atom is -0.495 e. The quantitative estimate of drug-likeness (QED) is 0.877. The Morgan fingerprint density at radius 2 is 1.83 bits per heavy atom. The van der Waals surface area contributed by atoms with Crippen LogP contribution in [0.3, 0.4) is 0 Å². The molecule has 122 valence electrons. The van der Waals surface area contributed by atoms with E-state index in [1.165, 1.54) is 32.4 Å². The summed E-state index contributed by atoms with van der Waals surface area (Å²) in [6.45, 7) is 1.83. The number of aryl methyl sites for hydroxylation is 1. The summed E-state index contributed by atoms with van der Waals surface area (Å²) in [7, 11) is -0.837. The number of anilines is 1. The monoisotopic (exact) mass is 334 g/mol. The van der Waals surface area contributed by atoms with Gasteiger partial charge in [-0.25, -0.2) is 13.1 Å². The van der Waals surface area contributed by atoms with Gasteiger partial charge in [0.2, 0.25) is 10.0 Å². The Hall–Kier alpha value is -2.38. The third kappa shape index (κ3) is 3.69. The highest BCUT2D eigenvalue weighted by atomic mass is 32.2. The summed E-state index contributed by atoms with van der Waals surface area (Å²) in [5, 5.41) is 2.70. The zero-order chi connectivity index (χ0) is 17.0. The molecule has 1 amide bonds. The van der Waals surface area contributed by atoms with Gasteiger partial charge < -0.3 is 10.1 Å². The summed E-state index contributed by atoms with van der Waals surface area (Å²) in [5.41, 5.74) is 1.62. The fourth-order valence-corrected chi connectivity index (χ4v) is 2.84. The van der Waals surface area contributed by atoms with Gasteiger partial charge in [-0.05, 0) is 43.8 Å². The molecule has 0 radical (unpaired) electrons. The number of hydrogen-bond acceptors (Lipinski definition) is 4. The first-order valence-corrected chi connectivity index (χ1v) is 8.36. The highest BCUT2D eigenvalue weighted by molar-refractivity contribution is 7.89. The Labute approximate surface area is 135 Å². The molecule has 2 aromatic rings. The number of carbonyl (C=O) groups is 1. The molecule has 0 aliphatic carbocycles. The number of nitrogens with one attached hydrogen (secondary N) is 2. The van der Waals surface area contributed by atoms with E-state index in [4.69, 9.17) is 4.74 Å². The lowest BCUT2D eigenvalue weighted by Crippen LogP contribution is -2.19. The van der Waals surface area contributed by atoms with Crippen molar-refractivity contribution < 1.29 is 17.9 Å². The van der Waals surface area contributed by atoms with E-state index < -0.39 is 10.0 Å². The van der Waals surface area contributed by atoms with E-state index in [1.54, 1.807) is 12.1 Å². The molecule has 7 heteroatoms. The minimum atomic E-state index is -3.61. The number of methoxy groups -OCH3 is 1. The van der Waals surface area contributed by atoms with Crippen LogP contribution >= 0.6 is 0 Å². The van der Waals surface area contributed by atoms with E-state index in [1.807, 2.05) is 19.1 Å². The summed E-state index contributed by atoms with van der Waals surface area (Å²) < 4.78 is 31.2. The number of ether oxygens (including phenoxy) is 1. The molecule has 0 spiro atoms. The van der Waals surface area contributed by atoms with Crippen molar-refractivity contribution in [2.75, 3.05) is 19.5 Å². The van der Waals surface area contributed by atoms with Gasteiger partial charge in [0.05, 0.1) is 17.7 Å². The summed E-state index contributed by atoms with van der Waals surface area (Å²) in [5.74, 6) is 0.0439. The van der Waals surface area contributed by atoms with Crippen LogP contribution in [-0.2, 0) is 10.0 Å². The van der Waals surface area contributed by atoms with Gasteiger partial charge in [0.25, 0.3) is 5.91 Å². The topological polar surface area (TPSA) is 84.5 Å². The normalized spacial score (nSPS) is 11.1. The molecule has 0 aliphatic rings. The van der Waals surface area contributed by atoms with Gasteiger partial charge in [0.15, 0.2) is 0 Å². The maximum atomic E-state index is 12.4. The first-order chi connectivity index (χ1) is 10.9. The molecule has 0 atom stereocenters. The van der Waals surface area contributed by atoms with Crippen molar-refractivity contribution in [2.45, 2.75) is 11.8 Å². The van der Waals surface area contributed by atoms with Crippen molar-refractivity contribution in [1.82, 2.24) is 4.72 Å². The van der Waals surface area contributed by atoms with E-state index in [0.29, 0.717) is 11.3 Å². The van der Waals surface area contributed by atoms with Gasteiger partial charge in [0.1, 0.15) is 5.75 Å². The highest BCUT2D eigenvalue weighted by Crippen LogP contribution is 2.28. The van der Waals surface area contributed by atoms with Crippen LogP contribution < -0.4 is 14.8 Å². The minimum absolute atomic E-state index is 0.0425. The van der Waals surface area contributed by atoms with Crippen molar-refractivity contribution in [3.05, 3.63) is 53.6 Å². The molecule has 0 fully saturated rings. The predicted octanol–water partition coefficient (Wildman–Crippen LogP) is 2.16. The van der Waals surface area contributed by atoms with Crippen molar-refractivity contribution in [1.29, 1.82) is 0 Å². The molecule has 0 saturated carbocycles. The summed E-state index contributed by atoms with van der Waals surface area (Å²) in [6, 6.07) is 11.4. The fraction of sp³-hybridized carbons (Fsp3) is 0.188. The average molecular weight is 334 g/mol. The van der Waals surface area contributed by atoms with Crippen LogP contribution in [0, 0.1) is 6.92 Å². The second-order valence-corrected chi connectivity index (χ2v) is 6.73. The van der Waals surface area contributed by atoms with E-state index in [0.717, 1.165) is 5.56 Å². The molecule has 0 saturated heterocycles. The predicted molar refractivity (Wildman–Crippen MR) is 88.4 cm³/mol. The van der Waals surface area contributed by atoms with Gasteiger partial charge in [-0.1, -0.05) is 18.2 Å². The SMILES string of the molecule is CNS(=O)(=O)c1ccc(OC)c(NC(=O)c2ccccc2C)c1. The molecular weight excluding hydrogens is 316 g/mol. The Bertz CT molecular complexity index is 832. The first-order valence-electron chi connectivity index (χ1n) is 6.87. The number of benzene rings is 2. The smallest absolute Gasteiger partial charge is 0.256 e. The van der Waals surface area contributed by atoms with E-state index in [-0.39, 0.29) is 16.5 Å². The zero-order valence-electron chi connectivity index (χ0n) is 13.1. The molecule has 2 N–H and O–H groups in total. The Kier molecular flexibility index (Phi) is 5.02. The number of rotatable bonds is 5. The van der Waals surface area contributed by atoms with Crippen LogP contribution in [0.25, 0.3) is 0 Å². The lowest BCUT2D eigenvalue weighted by Gasteiger charge is -2.13. The van der Waals surface area contributed by atoms with Crippen LogP contribution in [0.15, 0.2) is 47.4 Å². The fourth-order valence-electron chi connectivity index (χ4n) is 2.09. The summed E-state index contributed by atoms with van der Waals surface area (Å²) in [6.07, 6.45) is 0. The second-order valence-electron chi connectivity index (χ2n) is 4.84. The van der Waals surface area contributed by atoms with Crippen molar-refractivity contribution in [2.24, 2.45) is 0 Å². The molecule has 0 bridgehead atoms. The number of amides is 1. The van der Waals surface area contributed by atoms with E-state index in [9.17, 15) is 13.2 Å². The van der Waals surface area contributed by atoms with Crippen molar-refractivity contribution in [3.8, 4) is 5.75 Å². The zero-order valence-corrected chi connectivity index (χ0v) is 13.9. The number of sulfonamides is 1. The maximum absolute atomic E-state index is 12.4. The lowest BCUT2D eigenvalue weighted by atomic mass is 10.1. The summed E-state index contributed by atoms with van der Waals surface area (Å²) in [4.78, 5) is 12.4. The van der Waals surface area contributed by atoms with Crippen molar-refractivity contribution >= 4 is 21.6 Å². The van der Waals surface area contributed by atoms with Gasteiger partial charge in [-0.2, -0.15) is 0 Å². The molecule has 6 nitrogen and oxygen atoms in total. The van der Waals surface area contributed by atoms with Crippen LogP contribution in [0.1, 0.15) is 15.9 Å². The lowest BCUT2D eigenvalue weighted by molar-refractivity contribution is 0.102. The van der Waals surface area contributed by atoms with Crippen molar-refractivity contribution in [3.63, 3.8) is 0 Å². The standard InChI is InChI=1S/C16H18N2O4S/c1-11-6-4-5-7-13(11)16(19)18-14-10-12(23(20,21)17-2)8-9-15(14)22-3/h4-10,17H,1-3H3,(H,18,19). The molecule has 0 aromatic heterocycles. The Morgan fingerprint density at radius 1 is 1.13 bits per heavy atom. The van der Waals surface area contributed by atoms with Gasteiger partial charge >= 0.3 is 0 Å². The average Bonchev–Trinajstić information content (AvgIpc) is 2.55.